The molecule has 1 aromatic heterocycles. The molecule has 1 atom stereocenters. The molecule has 0 radical (unpaired) electrons. The van der Waals surface area contributed by atoms with Crippen LogP contribution in [0.1, 0.15) is 30.0 Å². The van der Waals surface area contributed by atoms with E-state index in [-0.39, 0.29) is 0 Å². The largest absolute Gasteiger partial charge is 0.298 e. The van der Waals surface area contributed by atoms with E-state index >= 15 is 0 Å². The Morgan fingerprint density at radius 3 is 2.86 bits per heavy atom. The highest BCUT2D eigenvalue weighted by molar-refractivity contribution is 5.18. The van der Waals surface area contributed by atoms with Gasteiger partial charge in [0.25, 0.3) is 0 Å². The number of halogens is 2. The van der Waals surface area contributed by atoms with E-state index in [9.17, 15) is 8.78 Å². The third-order valence-electron chi connectivity index (χ3n) is 3.92. The number of nitrogens with zero attached hydrogens (tertiary/aromatic N) is 3. The van der Waals surface area contributed by atoms with E-state index < -0.39 is 11.6 Å². The van der Waals surface area contributed by atoms with E-state index in [0.717, 1.165) is 37.2 Å². The normalized spacial score (nSPS) is 19.6. The van der Waals surface area contributed by atoms with Gasteiger partial charge in [-0.3, -0.25) is 4.90 Å². The lowest BCUT2D eigenvalue weighted by Crippen LogP contribution is -2.34. The van der Waals surface area contributed by atoms with Crippen molar-refractivity contribution < 1.29 is 8.78 Å². The minimum absolute atomic E-state index is 0.382. The predicted molar refractivity (Wildman–Crippen MR) is 75.6 cm³/mol. The van der Waals surface area contributed by atoms with E-state index in [1.807, 2.05) is 6.07 Å². The van der Waals surface area contributed by atoms with Crippen molar-refractivity contribution in [3.63, 3.8) is 0 Å². The highest BCUT2D eigenvalue weighted by Crippen LogP contribution is 2.26. The Morgan fingerprint density at radius 1 is 1.19 bits per heavy atom. The Morgan fingerprint density at radius 2 is 2.10 bits per heavy atom. The summed E-state index contributed by atoms with van der Waals surface area (Å²) in [5.74, 6) is -1.19. The molecule has 110 valence electrons. The molecule has 1 fully saturated rings. The van der Waals surface area contributed by atoms with Gasteiger partial charge < -0.3 is 0 Å². The van der Waals surface area contributed by atoms with Crippen molar-refractivity contribution in [1.29, 1.82) is 0 Å². The van der Waals surface area contributed by atoms with Crippen LogP contribution in [0, 0.1) is 11.6 Å². The Balaban J connectivity index is 1.67. The molecule has 2 heterocycles. The Bertz CT molecular complexity index is 604. The molecule has 2 aromatic rings. The fourth-order valence-electron chi connectivity index (χ4n) is 2.88. The molecule has 3 rings (SSSR count). The zero-order valence-corrected chi connectivity index (χ0v) is 11.7. The summed E-state index contributed by atoms with van der Waals surface area (Å²) in [6.45, 7) is 2.50. The fourth-order valence-corrected chi connectivity index (χ4v) is 2.88. The molecule has 0 bridgehead atoms. The Hall–Kier alpha value is -1.88. The van der Waals surface area contributed by atoms with E-state index in [2.05, 4.69) is 14.9 Å². The van der Waals surface area contributed by atoms with Crippen LogP contribution in [0.15, 0.2) is 36.8 Å². The van der Waals surface area contributed by atoms with Crippen molar-refractivity contribution in [2.45, 2.75) is 25.3 Å². The maximum Gasteiger partial charge on any atom is 0.159 e. The smallest absolute Gasteiger partial charge is 0.159 e. The second kappa shape index (κ2) is 6.26. The topological polar surface area (TPSA) is 29.0 Å². The van der Waals surface area contributed by atoms with Gasteiger partial charge in [-0.1, -0.05) is 6.07 Å². The molecule has 0 aliphatic carbocycles. The van der Waals surface area contributed by atoms with Crippen LogP contribution in [-0.4, -0.2) is 28.0 Å². The van der Waals surface area contributed by atoms with Crippen LogP contribution >= 0.6 is 0 Å². The van der Waals surface area contributed by atoms with Gasteiger partial charge in [-0.2, -0.15) is 0 Å². The van der Waals surface area contributed by atoms with Crippen molar-refractivity contribution in [2.24, 2.45) is 0 Å². The van der Waals surface area contributed by atoms with E-state index in [4.69, 9.17) is 0 Å². The van der Waals surface area contributed by atoms with Crippen molar-refractivity contribution in [2.75, 3.05) is 13.1 Å². The summed E-state index contributed by atoms with van der Waals surface area (Å²) >= 11 is 0. The first-order valence-electron chi connectivity index (χ1n) is 7.14. The highest BCUT2D eigenvalue weighted by atomic mass is 19.2. The molecule has 1 saturated heterocycles. The summed E-state index contributed by atoms with van der Waals surface area (Å²) in [6.07, 6.45) is 5.52. The molecule has 0 N–H and O–H groups in total. The van der Waals surface area contributed by atoms with Gasteiger partial charge in [0, 0.05) is 30.9 Å². The zero-order valence-electron chi connectivity index (χ0n) is 11.7. The van der Waals surface area contributed by atoms with Gasteiger partial charge in [0.1, 0.15) is 6.33 Å². The zero-order chi connectivity index (χ0) is 14.7. The lowest BCUT2D eigenvalue weighted by atomic mass is 9.94. The molecule has 0 saturated carbocycles. The van der Waals surface area contributed by atoms with Crippen molar-refractivity contribution >= 4 is 0 Å². The third kappa shape index (κ3) is 3.42. The first-order valence-corrected chi connectivity index (χ1v) is 7.14. The van der Waals surface area contributed by atoms with Crippen LogP contribution < -0.4 is 0 Å². The van der Waals surface area contributed by atoms with Crippen LogP contribution in [0.3, 0.4) is 0 Å². The van der Waals surface area contributed by atoms with Gasteiger partial charge in [-0.25, -0.2) is 18.7 Å². The highest BCUT2D eigenvalue weighted by Gasteiger charge is 2.22. The molecule has 0 spiro atoms. The summed E-state index contributed by atoms with van der Waals surface area (Å²) in [5.41, 5.74) is 1.86. The maximum atomic E-state index is 13.3. The average Bonchev–Trinajstić information content (AvgIpc) is 2.52. The number of rotatable bonds is 3. The Kier molecular flexibility index (Phi) is 4.20. The molecule has 1 aliphatic heterocycles. The molecule has 1 aliphatic rings. The molecule has 21 heavy (non-hydrogen) atoms. The van der Waals surface area contributed by atoms with Gasteiger partial charge in [0.2, 0.25) is 0 Å². The predicted octanol–water partition coefficient (Wildman–Crippen LogP) is 3.13. The lowest BCUT2D eigenvalue weighted by Gasteiger charge is -2.32. The third-order valence-corrected chi connectivity index (χ3v) is 3.92. The van der Waals surface area contributed by atoms with Crippen LogP contribution in [-0.2, 0) is 6.54 Å². The Labute approximate surface area is 122 Å². The van der Waals surface area contributed by atoms with E-state index in [1.165, 1.54) is 12.1 Å². The van der Waals surface area contributed by atoms with Crippen LogP contribution in [0.2, 0.25) is 0 Å². The first-order chi connectivity index (χ1) is 10.2. The lowest BCUT2D eigenvalue weighted by molar-refractivity contribution is 0.198. The van der Waals surface area contributed by atoms with Crippen LogP contribution in [0.4, 0.5) is 8.78 Å². The molecule has 0 unspecified atom stereocenters. The fraction of sp³-hybridized carbons (Fsp3) is 0.375. The number of benzene rings is 1. The number of piperidine rings is 1. The second-order valence-electron chi connectivity index (χ2n) is 5.46. The number of hydrogen-bond acceptors (Lipinski definition) is 3. The molecule has 0 amide bonds. The van der Waals surface area contributed by atoms with Crippen molar-refractivity contribution in [3.8, 4) is 0 Å². The monoisotopic (exact) mass is 289 g/mol. The molecular formula is C16H17F2N3. The molecule has 3 nitrogen and oxygen atoms in total. The molecule has 5 heteroatoms. The first kappa shape index (κ1) is 14.1. The molecule has 1 aromatic carbocycles. The summed E-state index contributed by atoms with van der Waals surface area (Å²) in [6, 6.07) is 6.07. The van der Waals surface area contributed by atoms with Gasteiger partial charge in [-0.15, -0.1) is 0 Å². The van der Waals surface area contributed by atoms with Gasteiger partial charge >= 0.3 is 0 Å². The van der Waals surface area contributed by atoms with E-state index in [1.54, 1.807) is 18.6 Å². The standard InChI is InChI=1S/C16H17F2N3/c17-14-4-3-12(8-15(14)18)9-21-7-1-2-13(10-21)16-5-6-19-11-20-16/h3-6,8,11,13H,1-2,7,9-10H2/t13-/m1/s1. The SMILES string of the molecule is Fc1ccc(CN2CCC[C@@H](c3ccncn3)C2)cc1F. The molecular weight excluding hydrogens is 272 g/mol. The van der Waals surface area contributed by atoms with Crippen molar-refractivity contribution in [1.82, 2.24) is 14.9 Å². The summed E-state index contributed by atoms with van der Waals surface area (Å²) in [4.78, 5) is 10.5. The summed E-state index contributed by atoms with van der Waals surface area (Å²) in [5, 5.41) is 0. The average molecular weight is 289 g/mol. The number of likely N-dealkylation sites (tertiary alicyclic amines) is 1. The summed E-state index contributed by atoms with van der Waals surface area (Å²) < 4.78 is 26.2. The second-order valence-corrected chi connectivity index (χ2v) is 5.46. The maximum absolute atomic E-state index is 13.3. The van der Waals surface area contributed by atoms with E-state index in [0.29, 0.717) is 12.5 Å². The number of hydrogen-bond donors (Lipinski definition) is 0. The quantitative estimate of drug-likeness (QED) is 0.869. The minimum atomic E-state index is -0.795. The number of aromatic nitrogens is 2. The minimum Gasteiger partial charge on any atom is -0.298 e. The van der Waals surface area contributed by atoms with Crippen LogP contribution in [0.5, 0.6) is 0 Å². The van der Waals surface area contributed by atoms with Gasteiger partial charge in [0.15, 0.2) is 11.6 Å². The van der Waals surface area contributed by atoms with Crippen molar-refractivity contribution in [3.05, 3.63) is 59.7 Å². The summed E-state index contributed by atoms with van der Waals surface area (Å²) in [7, 11) is 0. The van der Waals surface area contributed by atoms with Crippen LogP contribution in [0.25, 0.3) is 0 Å². The van der Waals surface area contributed by atoms with Gasteiger partial charge in [0.05, 0.1) is 0 Å². The van der Waals surface area contributed by atoms with Gasteiger partial charge in [-0.05, 0) is 43.1 Å².